The number of rotatable bonds is 8. The minimum atomic E-state index is -0.636. The largest absolute Gasteiger partial charge is 0.396 e. The van der Waals surface area contributed by atoms with E-state index in [1.807, 2.05) is 48.5 Å². The lowest BCUT2D eigenvalue weighted by Gasteiger charge is -2.34. The average Bonchev–Trinajstić information content (AvgIpc) is 2.74. The number of benzene rings is 1. The highest BCUT2D eigenvalue weighted by atomic mass is 16.3. The Hall–Kier alpha value is -2.73. The van der Waals surface area contributed by atoms with E-state index in [-0.39, 0.29) is 24.3 Å². The van der Waals surface area contributed by atoms with E-state index >= 15 is 0 Å². The van der Waals surface area contributed by atoms with Crippen LogP contribution in [0.2, 0.25) is 0 Å². The van der Waals surface area contributed by atoms with E-state index in [2.05, 4.69) is 10.3 Å². The van der Waals surface area contributed by atoms with Crippen LogP contribution in [0, 0.1) is 5.92 Å². The number of piperidine rings is 1. The van der Waals surface area contributed by atoms with Gasteiger partial charge in [-0.15, -0.1) is 0 Å². The van der Waals surface area contributed by atoms with E-state index in [1.165, 1.54) is 0 Å². The van der Waals surface area contributed by atoms with E-state index in [9.17, 15) is 14.7 Å². The number of likely N-dealkylation sites (tertiary alicyclic amines) is 1. The van der Waals surface area contributed by atoms with Crippen LogP contribution in [-0.2, 0) is 16.0 Å². The molecule has 1 aromatic heterocycles. The molecule has 1 aliphatic heterocycles. The maximum Gasteiger partial charge on any atom is 0.247 e. The van der Waals surface area contributed by atoms with Crippen molar-refractivity contribution in [1.82, 2.24) is 15.2 Å². The van der Waals surface area contributed by atoms with Crippen LogP contribution >= 0.6 is 0 Å². The number of aliphatic hydroxyl groups is 1. The number of aromatic nitrogens is 1. The van der Waals surface area contributed by atoms with Crippen molar-refractivity contribution in [2.45, 2.75) is 31.7 Å². The van der Waals surface area contributed by atoms with Crippen molar-refractivity contribution in [3.05, 3.63) is 66.0 Å². The summed E-state index contributed by atoms with van der Waals surface area (Å²) in [6.45, 7) is 0.871. The topological polar surface area (TPSA) is 82.5 Å². The first kappa shape index (κ1) is 20.0. The lowest BCUT2D eigenvalue weighted by Crippen LogP contribution is -2.46. The van der Waals surface area contributed by atoms with Crippen molar-refractivity contribution < 1.29 is 14.7 Å². The standard InChI is InChI=1S/C22H27N3O3/c26-16-17(14-19-10-4-6-12-23-19)15-24-22(28)21(18-8-2-1-3-9-18)25-13-7-5-11-20(25)27/h1-4,6,8-10,12,17,21,26H,5,7,11,13-16H2,(H,24,28)/t17-,21+/m0/s1. The Morgan fingerprint density at radius 1 is 1.14 bits per heavy atom. The third kappa shape index (κ3) is 5.16. The molecule has 1 aromatic carbocycles. The van der Waals surface area contributed by atoms with Crippen molar-refractivity contribution in [2.75, 3.05) is 19.7 Å². The minimum absolute atomic E-state index is 0.0162. The summed E-state index contributed by atoms with van der Waals surface area (Å²) in [5.41, 5.74) is 1.68. The Bertz CT molecular complexity index is 767. The van der Waals surface area contributed by atoms with Gasteiger partial charge in [0.25, 0.3) is 0 Å². The lowest BCUT2D eigenvalue weighted by molar-refractivity contribution is -0.142. The predicted octanol–water partition coefficient (Wildman–Crippen LogP) is 2.10. The second-order valence-electron chi connectivity index (χ2n) is 7.18. The number of pyridine rings is 1. The van der Waals surface area contributed by atoms with Gasteiger partial charge in [0.2, 0.25) is 11.8 Å². The van der Waals surface area contributed by atoms with Gasteiger partial charge in [0.05, 0.1) is 0 Å². The van der Waals surface area contributed by atoms with Gasteiger partial charge in [-0.2, -0.15) is 0 Å². The van der Waals surface area contributed by atoms with Gasteiger partial charge < -0.3 is 15.3 Å². The van der Waals surface area contributed by atoms with Crippen LogP contribution in [0.15, 0.2) is 54.7 Å². The first-order valence-electron chi connectivity index (χ1n) is 9.82. The maximum atomic E-state index is 13.1. The van der Waals surface area contributed by atoms with Crippen molar-refractivity contribution in [1.29, 1.82) is 0 Å². The van der Waals surface area contributed by atoms with E-state index in [0.29, 0.717) is 25.9 Å². The second-order valence-corrected chi connectivity index (χ2v) is 7.18. The molecule has 0 saturated carbocycles. The van der Waals surface area contributed by atoms with Gasteiger partial charge in [0.1, 0.15) is 6.04 Å². The number of nitrogens with one attached hydrogen (secondary N) is 1. The average molecular weight is 381 g/mol. The molecule has 2 amide bonds. The monoisotopic (exact) mass is 381 g/mol. The molecule has 1 aliphatic rings. The molecule has 2 N–H and O–H groups in total. The van der Waals surface area contributed by atoms with E-state index in [0.717, 1.165) is 24.1 Å². The molecule has 6 nitrogen and oxygen atoms in total. The zero-order valence-electron chi connectivity index (χ0n) is 16.0. The van der Waals surface area contributed by atoms with Gasteiger partial charge in [-0.25, -0.2) is 0 Å². The molecule has 0 bridgehead atoms. The second kappa shape index (κ2) is 9.99. The highest BCUT2D eigenvalue weighted by molar-refractivity contribution is 5.89. The predicted molar refractivity (Wildman–Crippen MR) is 106 cm³/mol. The molecule has 0 aliphatic carbocycles. The van der Waals surface area contributed by atoms with Crippen LogP contribution in [0.1, 0.15) is 36.6 Å². The van der Waals surface area contributed by atoms with Crippen LogP contribution in [-0.4, -0.2) is 46.5 Å². The van der Waals surface area contributed by atoms with E-state index < -0.39 is 6.04 Å². The normalized spacial score (nSPS) is 16.5. The molecular formula is C22H27N3O3. The first-order valence-corrected chi connectivity index (χ1v) is 9.82. The van der Waals surface area contributed by atoms with Crippen LogP contribution in [0.25, 0.3) is 0 Å². The van der Waals surface area contributed by atoms with Gasteiger partial charge in [0, 0.05) is 43.9 Å². The van der Waals surface area contributed by atoms with E-state index in [4.69, 9.17) is 0 Å². The Morgan fingerprint density at radius 3 is 2.61 bits per heavy atom. The van der Waals surface area contributed by atoms with Crippen molar-refractivity contribution in [2.24, 2.45) is 5.92 Å². The van der Waals surface area contributed by atoms with Crippen LogP contribution in [0.5, 0.6) is 0 Å². The molecule has 0 spiro atoms. The molecule has 1 saturated heterocycles. The first-order chi connectivity index (χ1) is 13.7. The molecule has 1 fully saturated rings. The molecule has 2 atom stereocenters. The summed E-state index contributed by atoms with van der Waals surface area (Å²) in [6, 6.07) is 14.4. The number of amides is 2. The van der Waals surface area contributed by atoms with Crippen LogP contribution < -0.4 is 5.32 Å². The Labute approximate surface area is 165 Å². The Kier molecular flexibility index (Phi) is 7.14. The quantitative estimate of drug-likeness (QED) is 0.734. The zero-order valence-corrected chi connectivity index (χ0v) is 16.0. The molecule has 2 aromatic rings. The van der Waals surface area contributed by atoms with Crippen LogP contribution in [0.3, 0.4) is 0 Å². The summed E-state index contributed by atoms with van der Waals surface area (Å²) in [6.07, 6.45) is 4.55. The fourth-order valence-electron chi connectivity index (χ4n) is 3.57. The van der Waals surface area contributed by atoms with Crippen LogP contribution in [0.4, 0.5) is 0 Å². The highest BCUT2D eigenvalue weighted by Crippen LogP contribution is 2.25. The van der Waals surface area contributed by atoms with Gasteiger partial charge in [-0.05, 0) is 37.0 Å². The summed E-state index contributed by atoms with van der Waals surface area (Å²) < 4.78 is 0. The Morgan fingerprint density at radius 2 is 1.93 bits per heavy atom. The molecule has 148 valence electrons. The summed E-state index contributed by atoms with van der Waals surface area (Å²) in [7, 11) is 0. The molecule has 28 heavy (non-hydrogen) atoms. The van der Waals surface area contributed by atoms with Gasteiger partial charge >= 0.3 is 0 Å². The zero-order chi connectivity index (χ0) is 19.8. The maximum absolute atomic E-state index is 13.1. The van der Waals surface area contributed by atoms with Gasteiger partial charge in [-0.3, -0.25) is 14.6 Å². The fraction of sp³-hybridized carbons (Fsp3) is 0.409. The van der Waals surface area contributed by atoms with Gasteiger partial charge in [0.15, 0.2) is 0 Å². The fourth-order valence-corrected chi connectivity index (χ4v) is 3.57. The number of aliphatic hydroxyl groups excluding tert-OH is 1. The smallest absolute Gasteiger partial charge is 0.247 e. The molecule has 6 heteroatoms. The summed E-state index contributed by atoms with van der Waals surface area (Å²) in [5.74, 6) is -0.323. The Balaban J connectivity index is 1.69. The lowest BCUT2D eigenvalue weighted by atomic mass is 9.99. The van der Waals surface area contributed by atoms with Gasteiger partial charge in [-0.1, -0.05) is 36.4 Å². The molecule has 0 radical (unpaired) electrons. The summed E-state index contributed by atoms with van der Waals surface area (Å²) in [5, 5.41) is 12.7. The summed E-state index contributed by atoms with van der Waals surface area (Å²) in [4.78, 5) is 31.5. The number of carbonyl (C=O) groups excluding carboxylic acids is 2. The third-order valence-electron chi connectivity index (χ3n) is 5.08. The number of hydrogen-bond acceptors (Lipinski definition) is 4. The van der Waals surface area contributed by atoms with Crippen molar-refractivity contribution in [3.8, 4) is 0 Å². The molecule has 3 rings (SSSR count). The minimum Gasteiger partial charge on any atom is -0.396 e. The molecule has 2 heterocycles. The SMILES string of the molecule is O=C(NC[C@@H](CO)Cc1ccccn1)[C@@H](c1ccccc1)N1CCCCC1=O. The highest BCUT2D eigenvalue weighted by Gasteiger charge is 2.32. The summed E-state index contributed by atoms with van der Waals surface area (Å²) >= 11 is 0. The number of carbonyl (C=O) groups is 2. The number of hydrogen-bond donors (Lipinski definition) is 2. The molecular weight excluding hydrogens is 354 g/mol. The molecule has 0 unspecified atom stereocenters. The van der Waals surface area contributed by atoms with Crippen molar-refractivity contribution >= 4 is 11.8 Å². The van der Waals surface area contributed by atoms with Crippen molar-refractivity contribution in [3.63, 3.8) is 0 Å². The van der Waals surface area contributed by atoms with E-state index in [1.54, 1.807) is 11.1 Å². The number of nitrogens with zero attached hydrogens (tertiary/aromatic N) is 2. The third-order valence-corrected chi connectivity index (χ3v) is 5.08.